The van der Waals surface area contributed by atoms with Crippen LogP contribution in [-0.2, 0) is 32.8 Å². The van der Waals surface area contributed by atoms with Gasteiger partial charge in [-0.2, -0.15) is 0 Å². The highest BCUT2D eigenvalue weighted by Crippen LogP contribution is 2.26. The minimum absolute atomic E-state index is 0.0353. The van der Waals surface area contributed by atoms with Crippen molar-refractivity contribution < 1.29 is 16.8 Å². The van der Waals surface area contributed by atoms with Crippen molar-refractivity contribution in [2.75, 3.05) is 11.5 Å². The summed E-state index contributed by atoms with van der Waals surface area (Å²) in [6, 6.07) is 8.34. The fraction of sp³-hybridized carbons (Fsp3) is 0.750. The number of sulfone groups is 2. The summed E-state index contributed by atoms with van der Waals surface area (Å²) < 4.78 is 49.4. The second-order valence-electron chi connectivity index (χ2n) is 9.63. The van der Waals surface area contributed by atoms with Crippen molar-refractivity contribution in [3.05, 3.63) is 35.4 Å². The van der Waals surface area contributed by atoms with E-state index < -0.39 is 19.7 Å². The molecule has 8 heteroatoms. The van der Waals surface area contributed by atoms with Crippen molar-refractivity contribution in [3.8, 4) is 0 Å². The second-order valence-corrected chi connectivity index (χ2v) is 14.3. The van der Waals surface area contributed by atoms with E-state index in [1.54, 1.807) is 0 Å². The SMILES string of the molecule is CCCCC1CC(NCc2ccc(CNC3CC(CCCC)S(=O)(=O)C3)cc2)CS1(=O)=O. The first-order valence-corrected chi connectivity index (χ1v) is 15.6. The Bertz CT molecular complexity index is 852. The first-order valence-electron chi connectivity index (χ1n) is 12.2. The Morgan fingerprint density at radius 3 is 1.44 bits per heavy atom. The van der Waals surface area contributed by atoms with Crippen LogP contribution in [0.25, 0.3) is 0 Å². The second kappa shape index (κ2) is 11.4. The van der Waals surface area contributed by atoms with E-state index in [0.717, 1.165) is 49.7 Å². The molecule has 0 aromatic heterocycles. The van der Waals surface area contributed by atoms with Crippen LogP contribution in [0.5, 0.6) is 0 Å². The van der Waals surface area contributed by atoms with E-state index in [2.05, 4.69) is 48.7 Å². The Labute approximate surface area is 194 Å². The molecule has 0 saturated carbocycles. The van der Waals surface area contributed by atoms with Gasteiger partial charge in [0.1, 0.15) is 0 Å². The lowest BCUT2D eigenvalue weighted by Gasteiger charge is -2.13. The summed E-state index contributed by atoms with van der Waals surface area (Å²) in [5.41, 5.74) is 2.26. The molecule has 0 spiro atoms. The average Bonchev–Trinajstić information content (AvgIpc) is 3.21. The van der Waals surface area contributed by atoms with Crippen molar-refractivity contribution in [1.29, 1.82) is 0 Å². The molecule has 1 aromatic carbocycles. The van der Waals surface area contributed by atoms with E-state index >= 15 is 0 Å². The maximum atomic E-state index is 12.3. The third-order valence-electron chi connectivity index (χ3n) is 6.95. The molecule has 2 saturated heterocycles. The van der Waals surface area contributed by atoms with Crippen LogP contribution in [0.15, 0.2) is 24.3 Å². The van der Waals surface area contributed by atoms with Crippen molar-refractivity contribution in [3.63, 3.8) is 0 Å². The smallest absolute Gasteiger partial charge is 0.154 e. The maximum Gasteiger partial charge on any atom is 0.154 e. The van der Waals surface area contributed by atoms with Crippen LogP contribution < -0.4 is 10.6 Å². The quantitative estimate of drug-likeness (QED) is 0.473. The Kier molecular flexibility index (Phi) is 9.18. The van der Waals surface area contributed by atoms with Gasteiger partial charge in [0.2, 0.25) is 0 Å². The Hall–Kier alpha value is -0.960. The molecule has 0 radical (unpaired) electrons. The van der Waals surface area contributed by atoms with E-state index in [-0.39, 0.29) is 34.1 Å². The molecule has 2 aliphatic rings. The number of hydrogen-bond donors (Lipinski definition) is 2. The topological polar surface area (TPSA) is 92.3 Å². The molecule has 0 aliphatic carbocycles. The average molecular weight is 485 g/mol. The molecule has 182 valence electrons. The fourth-order valence-electron chi connectivity index (χ4n) is 4.94. The highest BCUT2D eigenvalue weighted by molar-refractivity contribution is 7.92. The van der Waals surface area contributed by atoms with Gasteiger partial charge in [-0.1, -0.05) is 63.8 Å². The van der Waals surface area contributed by atoms with Gasteiger partial charge in [0.25, 0.3) is 0 Å². The third-order valence-corrected chi connectivity index (χ3v) is 11.6. The van der Waals surface area contributed by atoms with Gasteiger partial charge < -0.3 is 10.6 Å². The molecule has 2 heterocycles. The van der Waals surface area contributed by atoms with Crippen LogP contribution in [-0.4, -0.2) is 50.9 Å². The summed E-state index contributed by atoms with van der Waals surface area (Å²) in [4.78, 5) is 0. The predicted octanol–water partition coefficient (Wildman–Crippen LogP) is 3.36. The Morgan fingerprint density at radius 1 is 0.719 bits per heavy atom. The summed E-state index contributed by atoms with van der Waals surface area (Å²) in [5.74, 6) is 0.486. The summed E-state index contributed by atoms with van der Waals surface area (Å²) in [6.45, 7) is 5.51. The molecular weight excluding hydrogens is 444 g/mol. The zero-order valence-corrected chi connectivity index (χ0v) is 21.2. The minimum Gasteiger partial charge on any atom is -0.309 e. The van der Waals surface area contributed by atoms with Crippen LogP contribution in [0.4, 0.5) is 0 Å². The first kappa shape index (κ1) is 25.7. The minimum atomic E-state index is -2.97. The third kappa shape index (κ3) is 7.02. The molecule has 3 rings (SSSR count). The van der Waals surface area contributed by atoms with Crippen LogP contribution >= 0.6 is 0 Å². The van der Waals surface area contributed by atoms with Crippen molar-refractivity contribution in [2.24, 2.45) is 0 Å². The lowest BCUT2D eigenvalue weighted by molar-refractivity contribution is 0.513. The van der Waals surface area contributed by atoms with Gasteiger partial charge in [0.05, 0.1) is 22.0 Å². The molecule has 0 bridgehead atoms. The first-order chi connectivity index (χ1) is 15.2. The van der Waals surface area contributed by atoms with Gasteiger partial charge in [-0.3, -0.25) is 0 Å². The zero-order chi connectivity index (χ0) is 23.2. The number of benzene rings is 1. The molecule has 2 aliphatic heterocycles. The number of nitrogens with one attached hydrogen (secondary N) is 2. The molecule has 1 aromatic rings. The standard InChI is InChI=1S/C24H40N2O4S2/c1-3-5-7-23-13-21(17-31(23,27)28)25-15-19-9-11-20(12-10-19)16-26-22-14-24(8-6-4-2)32(29,30)18-22/h9-12,21-26H,3-8,13-18H2,1-2H3. The normalized spacial score (nSPS) is 28.8. The van der Waals surface area contributed by atoms with Crippen molar-refractivity contribution >= 4 is 19.7 Å². The van der Waals surface area contributed by atoms with Crippen LogP contribution in [0.3, 0.4) is 0 Å². The predicted molar refractivity (Wildman–Crippen MR) is 131 cm³/mol. The van der Waals surface area contributed by atoms with E-state index in [0.29, 0.717) is 25.9 Å². The van der Waals surface area contributed by atoms with E-state index in [4.69, 9.17) is 0 Å². The van der Waals surface area contributed by atoms with Gasteiger partial charge in [0.15, 0.2) is 19.7 Å². The van der Waals surface area contributed by atoms with Crippen LogP contribution in [0, 0.1) is 0 Å². The van der Waals surface area contributed by atoms with Gasteiger partial charge >= 0.3 is 0 Å². The van der Waals surface area contributed by atoms with Crippen molar-refractivity contribution in [1.82, 2.24) is 10.6 Å². The monoisotopic (exact) mass is 484 g/mol. The summed E-state index contributed by atoms with van der Waals surface area (Å²) in [6.07, 6.45) is 6.99. The molecule has 32 heavy (non-hydrogen) atoms. The zero-order valence-electron chi connectivity index (χ0n) is 19.6. The molecule has 2 N–H and O–H groups in total. The van der Waals surface area contributed by atoms with E-state index in [1.165, 1.54) is 0 Å². The Morgan fingerprint density at radius 2 is 1.09 bits per heavy atom. The number of unbranched alkanes of at least 4 members (excludes halogenated alkanes) is 2. The lowest BCUT2D eigenvalue weighted by Crippen LogP contribution is -2.30. The van der Waals surface area contributed by atoms with Gasteiger partial charge in [-0.05, 0) is 36.8 Å². The fourth-order valence-corrected chi connectivity index (χ4v) is 9.22. The van der Waals surface area contributed by atoms with Crippen molar-refractivity contribution in [2.45, 2.75) is 101 Å². The highest BCUT2D eigenvalue weighted by atomic mass is 32.2. The van der Waals surface area contributed by atoms with Gasteiger partial charge in [-0.15, -0.1) is 0 Å². The van der Waals surface area contributed by atoms with Crippen LogP contribution in [0.1, 0.15) is 76.3 Å². The van der Waals surface area contributed by atoms with E-state index in [1.807, 2.05) is 0 Å². The van der Waals surface area contributed by atoms with Gasteiger partial charge in [0, 0.05) is 25.2 Å². The van der Waals surface area contributed by atoms with Gasteiger partial charge in [-0.25, -0.2) is 16.8 Å². The summed E-state index contributed by atoms with van der Waals surface area (Å²) in [7, 11) is -5.93. The molecule has 4 atom stereocenters. The van der Waals surface area contributed by atoms with E-state index in [9.17, 15) is 16.8 Å². The van der Waals surface area contributed by atoms with Crippen LogP contribution in [0.2, 0.25) is 0 Å². The number of rotatable bonds is 12. The summed E-state index contributed by atoms with van der Waals surface area (Å²) in [5, 5.41) is 6.48. The number of hydrogen-bond acceptors (Lipinski definition) is 6. The molecule has 6 nitrogen and oxygen atoms in total. The molecule has 0 amide bonds. The summed E-state index contributed by atoms with van der Waals surface area (Å²) >= 11 is 0. The molecule has 2 fully saturated rings. The lowest BCUT2D eigenvalue weighted by atomic mass is 10.1. The molecular formula is C24H40N2O4S2. The highest BCUT2D eigenvalue weighted by Gasteiger charge is 2.38. The molecule has 4 unspecified atom stereocenters. The maximum absolute atomic E-state index is 12.3. The largest absolute Gasteiger partial charge is 0.309 e. The Balaban J connectivity index is 1.43.